The van der Waals surface area contributed by atoms with Crippen LogP contribution in [-0.4, -0.2) is 38.9 Å². The number of nitrogens with zero attached hydrogens (tertiary/aromatic N) is 3. The number of carbonyl (C=O) groups excluding carboxylic acids is 3. The van der Waals surface area contributed by atoms with Gasteiger partial charge in [-0.25, -0.2) is 9.50 Å². The molecule has 0 unspecified atom stereocenters. The topological polar surface area (TPSA) is 131 Å². The van der Waals surface area contributed by atoms with Gasteiger partial charge in [0.15, 0.2) is 5.65 Å². The Morgan fingerprint density at radius 1 is 1.10 bits per heavy atom. The van der Waals surface area contributed by atoms with Crippen LogP contribution < -0.4 is 16.4 Å². The summed E-state index contributed by atoms with van der Waals surface area (Å²) in [5.41, 5.74) is 10.5. The number of fused-ring (bicyclic) bond motifs is 1. The van der Waals surface area contributed by atoms with Gasteiger partial charge < -0.3 is 16.4 Å². The van der Waals surface area contributed by atoms with Gasteiger partial charge in [0.2, 0.25) is 11.8 Å². The fourth-order valence-corrected chi connectivity index (χ4v) is 3.24. The molecular formula is C21H24N6O3. The van der Waals surface area contributed by atoms with Crippen LogP contribution in [0.3, 0.4) is 0 Å². The minimum absolute atomic E-state index is 0.142. The quantitative estimate of drug-likeness (QED) is 0.544. The molecule has 3 amide bonds. The molecule has 9 nitrogen and oxygen atoms in total. The lowest BCUT2D eigenvalue weighted by atomic mass is 10.1. The van der Waals surface area contributed by atoms with Gasteiger partial charge in [0.1, 0.15) is 0 Å². The lowest BCUT2D eigenvalue weighted by Gasteiger charge is -2.11. The maximum atomic E-state index is 12.4. The van der Waals surface area contributed by atoms with Crippen LogP contribution in [-0.2, 0) is 16.0 Å². The monoisotopic (exact) mass is 408 g/mol. The lowest BCUT2D eigenvalue weighted by molar-refractivity contribution is -0.117. The van der Waals surface area contributed by atoms with E-state index in [4.69, 9.17) is 5.73 Å². The molecule has 4 N–H and O–H groups in total. The zero-order valence-corrected chi connectivity index (χ0v) is 17.2. The van der Waals surface area contributed by atoms with Crippen molar-refractivity contribution in [3.05, 3.63) is 58.5 Å². The molecule has 1 aromatic carbocycles. The molecule has 0 saturated carbocycles. The van der Waals surface area contributed by atoms with Crippen molar-refractivity contribution in [2.24, 2.45) is 5.73 Å². The number of rotatable bonds is 7. The third kappa shape index (κ3) is 4.80. The number of hydrogen-bond donors (Lipinski definition) is 3. The Kier molecular flexibility index (Phi) is 6.10. The Hall–Kier alpha value is -3.75. The van der Waals surface area contributed by atoms with E-state index in [0.717, 1.165) is 28.3 Å². The summed E-state index contributed by atoms with van der Waals surface area (Å²) in [5, 5.41) is 9.68. The summed E-state index contributed by atoms with van der Waals surface area (Å²) in [4.78, 5) is 39.6. The maximum absolute atomic E-state index is 12.4. The molecule has 0 radical (unpaired) electrons. The Morgan fingerprint density at radius 3 is 2.47 bits per heavy atom. The molecule has 2 heterocycles. The van der Waals surface area contributed by atoms with Crippen LogP contribution in [0.5, 0.6) is 0 Å². The highest BCUT2D eigenvalue weighted by Gasteiger charge is 2.13. The predicted molar refractivity (Wildman–Crippen MR) is 112 cm³/mol. The van der Waals surface area contributed by atoms with Crippen molar-refractivity contribution >= 4 is 29.1 Å². The molecular weight excluding hydrogens is 384 g/mol. The first-order chi connectivity index (χ1) is 14.2. The summed E-state index contributed by atoms with van der Waals surface area (Å²) in [7, 11) is 0. The van der Waals surface area contributed by atoms with Crippen molar-refractivity contribution in [1.82, 2.24) is 19.9 Å². The predicted octanol–water partition coefficient (Wildman–Crippen LogP) is 1.44. The molecule has 3 aromatic rings. The average molecular weight is 408 g/mol. The second kappa shape index (κ2) is 8.73. The van der Waals surface area contributed by atoms with Crippen molar-refractivity contribution in [1.29, 1.82) is 0 Å². The van der Waals surface area contributed by atoms with E-state index in [1.807, 2.05) is 26.8 Å². The fourth-order valence-electron chi connectivity index (χ4n) is 3.24. The fraction of sp³-hybridized carbons (Fsp3) is 0.286. The number of primary amides is 1. The summed E-state index contributed by atoms with van der Waals surface area (Å²) in [5.74, 6) is -1.17. The van der Waals surface area contributed by atoms with E-state index < -0.39 is 11.8 Å². The van der Waals surface area contributed by atoms with Crippen molar-refractivity contribution < 1.29 is 14.4 Å². The van der Waals surface area contributed by atoms with Gasteiger partial charge in [0, 0.05) is 35.1 Å². The molecule has 30 heavy (non-hydrogen) atoms. The van der Waals surface area contributed by atoms with Crippen LogP contribution in [0.1, 0.15) is 39.4 Å². The summed E-state index contributed by atoms with van der Waals surface area (Å²) in [6, 6.07) is 8.33. The van der Waals surface area contributed by atoms with Gasteiger partial charge in [0.05, 0.1) is 12.2 Å². The van der Waals surface area contributed by atoms with Crippen LogP contribution in [0.2, 0.25) is 0 Å². The first-order valence-electron chi connectivity index (χ1n) is 9.53. The molecule has 0 aliphatic carbocycles. The van der Waals surface area contributed by atoms with Gasteiger partial charge in [-0.05, 0) is 57.0 Å². The highest BCUT2D eigenvalue weighted by atomic mass is 16.2. The zero-order chi connectivity index (χ0) is 21.8. The maximum Gasteiger partial charge on any atom is 0.251 e. The first-order valence-corrected chi connectivity index (χ1v) is 9.53. The standard InChI is InChI=1S/C21H24N6O3/c1-12-10-19-24-13(2)17(14(3)27(19)26-12)8-9-20(29)25-16-6-4-15(5-7-16)21(30)23-11-18(22)28/h4-7,10H,8-9,11H2,1-3H3,(H2,22,28)(H,23,30)(H,25,29). The van der Waals surface area contributed by atoms with Gasteiger partial charge in [-0.2, -0.15) is 5.10 Å². The normalized spacial score (nSPS) is 10.8. The molecule has 2 aromatic heterocycles. The minimum atomic E-state index is -0.616. The number of aryl methyl sites for hydroxylation is 3. The van der Waals surface area contributed by atoms with E-state index in [-0.39, 0.29) is 18.9 Å². The first kappa shape index (κ1) is 21.0. The number of amides is 3. The van der Waals surface area contributed by atoms with Gasteiger partial charge in [-0.1, -0.05) is 0 Å². The SMILES string of the molecule is Cc1cc2nc(C)c(CCC(=O)Nc3ccc(C(=O)NCC(N)=O)cc3)c(C)n2n1. The third-order valence-corrected chi connectivity index (χ3v) is 4.74. The van der Waals surface area contributed by atoms with Crippen molar-refractivity contribution in [3.63, 3.8) is 0 Å². The molecule has 0 aliphatic heterocycles. The molecule has 156 valence electrons. The Morgan fingerprint density at radius 2 is 1.80 bits per heavy atom. The van der Waals surface area contributed by atoms with E-state index >= 15 is 0 Å². The molecule has 0 aliphatic rings. The van der Waals surface area contributed by atoms with E-state index in [1.165, 1.54) is 0 Å². The number of anilines is 1. The molecule has 0 fully saturated rings. The number of nitrogens with one attached hydrogen (secondary N) is 2. The van der Waals surface area contributed by atoms with E-state index in [9.17, 15) is 14.4 Å². The molecule has 0 atom stereocenters. The largest absolute Gasteiger partial charge is 0.368 e. The minimum Gasteiger partial charge on any atom is -0.368 e. The summed E-state index contributed by atoms with van der Waals surface area (Å²) < 4.78 is 1.80. The molecule has 0 bridgehead atoms. The van der Waals surface area contributed by atoms with Crippen molar-refractivity contribution in [2.45, 2.75) is 33.6 Å². The van der Waals surface area contributed by atoms with Gasteiger partial charge >= 0.3 is 0 Å². The zero-order valence-electron chi connectivity index (χ0n) is 17.2. The average Bonchev–Trinajstić information content (AvgIpc) is 3.06. The Balaban J connectivity index is 1.60. The smallest absolute Gasteiger partial charge is 0.251 e. The molecule has 0 saturated heterocycles. The van der Waals surface area contributed by atoms with Crippen LogP contribution in [0.4, 0.5) is 5.69 Å². The van der Waals surface area contributed by atoms with Gasteiger partial charge in [0.25, 0.3) is 5.91 Å². The lowest BCUT2D eigenvalue weighted by Crippen LogP contribution is -2.33. The molecule has 0 spiro atoms. The second-order valence-corrected chi connectivity index (χ2v) is 7.09. The van der Waals surface area contributed by atoms with Gasteiger partial charge in [-0.15, -0.1) is 0 Å². The summed E-state index contributed by atoms with van der Waals surface area (Å²) >= 11 is 0. The Labute approximate surface area is 173 Å². The molecule has 3 rings (SSSR count). The molecule has 9 heteroatoms. The number of nitrogens with two attached hydrogens (primary N) is 1. The van der Waals surface area contributed by atoms with Crippen LogP contribution in [0, 0.1) is 20.8 Å². The van der Waals surface area contributed by atoms with Crippen LogP contribution in [0.25, 0.3) is 5.65 Å². The second-order valence-electron chi connectivity index (χ2n) is 7.09. The van der Waals surface area contributed by atoms with Crippen LogP contribution >= 0.6 is 0 Å². The number of benzene rings is 1. The highest BCUT2D eigenvalue weighted by molar-refractivity contribution is 5.97. The Bertz CT molecular complexity index is 1120. The van der Waals surface area contributed by atoms with Gasteiger partial charge in [-0.3, -0.25) is 14.4 Å². The van der Waals surface area contributed by atoms with E-state index in [1.54, 1.807) is 28.8 Å². The summed E-state index contributed by atoms with van der Waals surface area (Å²) in [6.07, 6.45) is 0.828. The number of aromatic nitrogens is 3. The third-order valence-electron chi connectivity index (χ3n) is 4.74. The number of hydrogen-bond acceptors (Lipinski definition) is 5. The number of carbonyl (C=O) groups is 3. The van der Waals surface area contributed by atoms with Crippen molar-refractivity contribution in [3.8, 4) is 0 Å². The van der Waals surface area contributed by atoms with E-state index in [0.29, 0.717) is 17.7 Å². The van der Waals surface area contributed by atoms with Crippen molar-refractivity contribution in [2.75, 3.05) is 11.9 Å². The van der Waals surface area contributed by atoms with Crippen LogP contribution in [0.15, 0.2) is 30.3 Å². The summed E-state index contributed by atoms with van der Waals surface area (Å²) in [6.45, 7) is 5.60. The highest BCUT2D eigenvalue weighted by Crippen LogP contribution is 2.17. The van der Waals surface area contributed by atoms with E-state index in [2.05, 4.69) is 20.7 Å².